The molecule has 2 aromatic rings. The SMILES string of the molecule is Cc1ccc(C(C)N)c(OCc2nc(C)c(C)s2)c1. The molecule has 1 aromatic carbocycles. The second-order valence-corrected chi connectivity index (χ2v) is 6.16. The maximum atomic E-state index is 5.97. The van der Waals surface area contributed by atoms with Gasteiger partial charge in [-0.05, 0) is 39.3 Å². The summed E-state index contributed by atoms with van der Waals surface area (Å²) in [5.74, 6) is 0.862. The average Bonchev–Trinajstić information content (AvgIpc) is 2.66. The predicted molar refractivity (Wildman–Crippen MR) is 79.7 cm³/mol. The summed E-state index contributed by atoms with van der Waals surface area (Å²) in [6.07, 6.45) is 0. The first-order valence-corrected chi connectivity index (χ1v) is 7.21. The molecule has 0 aliphatic heterocycles. The third-order valence-corrected chi connectivity index (χ3v) is 4.13. The number of nitrogens with zero attached hydrogens (tertiary/aromatic N) is 1. The van der Waals surface area contributed by atoms with Crippen molar-refractivity contribution in [3.05, 3.63) is 44.9 Å². The van der Waals surface area contributed by atoms with Crippen LogP contribution in [-0.4, -0.2) is 4.98 Å². The van der Waals surface area contributed by atoms with Crippen LogP contribution in [0.4, 0.5) is 0 Å². The molecule has 1 atom stereocenters. The van der Waals surface area contributed by atoms with Crippen molar-refractivity contribution in [3.63, 3.8) is 0 Å². The minimum absolute atomic E-state index is 0.0321. The largest absolute Gasteiger partial charge is 0.486 e. The number of benzene rings is 1. The van der Waals surface area contributed by atoms with Gasteiger partial charge in [0.05, 0.1) is 5.69 Å². The lowest BCUT2D eigenvalue weighted by molar-refractivity contribution is 0.300. The Morgan fingerprint density at radius 3 is 2.63 bits per heavy atom. The minimum Gasteiger partial charge on any atom is -0.486 e. The highest BCUT2D eigenvalue weighted by molar-refractivity contribution is 7.11. The Labute approximate surface area is 118 Å². The van der Waals surface area contributed by atoms with Gasteiger partial charge in [-0.2, -0.15) is 0 Å². The van der Waals surface area contributed by atoms with E-state index in [2.05, 4.69) is 24.9 Å². The molecule has 0 aliphatic carbocycles. The normalized spacial score (nSPS) is 12.5. The second kappa shape index (κ2) is 5.72. The third kappa shape index (κ3) is 3.33. The zero-order valence-corrected chi connectivity index (χ0v) is 12.7. The van der Waals surface area contributed by atoms with Gasteiger partial charge >= 0.3 is 0 Å². The zero-order valence-electron chi connectivity index (χ0n) is 11.9. The molecule has 19 heavy (non-hydrogen) atoms. The van der Waals surface area contributed by atoms with Crippen molar-refractivity contribution in [2.24, 2.45) is 5.73 Å². The van der Waals surface area contributed by atoms with Crippen LogP contribution in [0.5, 0.6) is 5.75 Å². The first-order chi connectivity index (χ1) is 8.97. The standard InChI is InChI=1S/C15H20N2OS/c1-9-5-6-13(10(2)16)14(7-9)18-8-15-17-11(3)12(4)19-15/h5-7,10H,8,16H2,1-4H3. The number of hydrogen-bond donors (Lipinski definition) is 1. The van der Waals surface area contributed by atoms with E-state index in [0.717, 1.165) is 22.0 Å². The minimum atomic E-state index is -0.0321. The molecule has 2 rings (SSSR count). The van der Waals surface area contributed by atoms with Gasteiger partial charge in [0.15, 0.2) is 0 Å². The quantitative estimate of drug-likeness (QED) is 0.927. The van der Waals surface area contributed by atoms with Gasteiger partial charge in [-0.25, -0.2) is 4.98 Å². The van der Waals surface area contributed by atoms with Crippen molar-refractivity contribution in [3.8, 4) is 5.75 Å². The molecular weight excluding hydrogens is 256 g/mol. The van der Waals surface area contributed by atoms with Crippen LogP contribution >= 0.6 is 11.3 Å². The van der Waals surface area contributed by atoms with Gasteiger partial charge in [0.1, 0.15) is 17.4 Å². The fourth-order valence-corrected chi connectivity index (χ4v) is 2.73. The Hall–Kier alpha value is -1.39. The number of nitrogens with two attached hydrogens (primary N) is 1. The Balaban J connectivity index is 2.16. The molecule has 1 unspecified atom stereocenters. The first-order valence-electron chi connectivity index (χ1n) is 6.39. The van der Waals surface area contributed by atoms with Gasteiger partial charge < -0.3 is 10.5 Å². The smallest absolute Gasteiger partial charge is 0.140 e. The van der Waals surface area contributed by atoms with Crippen LogP contribution in [0.2, 0.25) is 0 Å². The number of rotatable bonds is 4. The maximum Gasteiger partial charge on any atom is 0.140 e. The monoisotopic (exact) mass is 276 g/mol. The Bertz CT molecular complexity index is 556. The zero-order chi connectivity index (χ0) is 14.0. The van der Waals surface area contributed by atoms with E-state index in [1.54, 1.807) is 11.3 Å². The molecule has 0 spiro atoms. The Morgan fingerprint density at radius 2 is 2.05 bits per heavy atom. The maximum absolute atomic E-state index is 5.97. The third-order valence-electron chi connectivity index (χ3n) is 3.08. The van der Waals surface area contributed by atoms with Gasteiger partial charge in [-0.3, -0.25) is 0 Å². The topological polar surface area (TPSA) is 48.1 Å². The second-order valence-electron chi connectivity index (χ2n) is 4.87. The first kappa shape index (κ1) is 14.0. The van der Waals surface area contributed by atoms with Gasteiger partial charge in [0.25, 0.3) is 0 Å². The van der Waals surface area contributed by atoms with E-state index in [0.29, 0.717) is 6.61 Å². The molecule has 0 amide bonds. The molecule has 0 radical (unpaired) electrons. The van der Waals surface area contributed by atoms with Gasteiger partial charge in [-0.1, -0.05) is 12.1 Å². The number of thiazole rings is 1. The summed E-state index contributed by atoms with van der Waals surface area (Å²) >= 11 is 1.68. The number of ether oxygens (including phenoxy) is 1. The average molecular weight is 276 g/mol. The predicted octanol–water partition coefficient (Wildman–Crippen LogP) is 3.67. The van der Waals surface area contributed by atoms with E-state index < -0.39 is 0 Å². The highest BCUT2D eigenvalue weighted by atomic mass is 32.1. The lowest BCUT2D eigenvalue weighted by Gasteiger charge is -2.14. The van der Waals surface area contributed by atoms with E-state index in [1.807, 2.05) is 26.0 Å². The van der Waals surface area contributed by atoms with Crippen molar-refractivity contribution >= 4 is 11.3 Å². The lowest BCUT2D eigenvalue weighted by Crippen LogP contribution is -2.08. The van der Waals surface area contributed by atoms with Crippen LogP contribution in [0.1, 0.15) is 39.7 Å². The highest BCUT2D eigenvalue weighted by Crippen LogP contribution is 2.26. The molecule has 3 nitrogen and oxygen atoms in total. The summed E-state index contributed by atoms with van der Waals surface area (Å²) in [5.41, 5.74) is 9.26. The van der Waals surface area contributed by atoms with Crippen LogP contribution < -0.4 is 10.5 Å². The van der Waals surface area contributed by atoms with Crippen LogP contribution in [0.25, 0.3) is 0 Å². The lowest BCUT2D eigenvalue weighted by atomic mass is 10.1. The summed E-state index contributed by atoms with van der Waals surface area (Å²) in [6, 6.07) is 6.10. The van der Waals surface area contributed by atoms with Crippen molar-refractivity contribution in [2.75, 3.05) is 0 Å². The molecule has 1 aromatic heterocycles. The van der Waals surface area contributed by atoms with Gasteiger partial charge in [0.2, 0.25) is 0 Å². The summed E-state index contributed by atoms with van der Waals surface area (Å²) in [7, 11) is 0. The molecule has 0 aliphatic rings. The van der Waals surface area contributed by atoms with Crippen LogP contribution in [-0.2, 0) is 6.61 Å². The molecule has 0 fully saturated rings. The number of hydrogen-bond acceptors (Lipinski definition) is 4. The molecular formula is C15H20N2OS. The molecule has 2 N–H and O–H groups in total. The summed E-state index contributed by atoms with van der Waals surface area (Å²) in [6.45, 7) is 8.62. The van der Waals surface area contributed by atoms with Crippen molar-refractivity contribution in [2.45, 2.75) is 40.3 Å². The van der Waals surface area contributed by atoms with E-state index in [4.69, 9.17) is 10.5 Å². The molecule has 0 saturated carbocycles. The number of aromatic nitrogens is 1. The molecule has 4 heteroatoms. The van der Waals surface area contributed by atoms with E-state index in [1.165, 1.54) is 10.4 Å². The Morgan fingerprint density at radius 1 is 1.32 bits per heavy atom. The van der Waals surface area contributed by atoms with Crippen LogP contribution in [0.15, 0.2) is 18.2 Å². The fraction of sp³-hybridized carbons (Fsp3) is 0.400. The fourth-order valence-electron chi connectivity index (χ4n) is 1.88. The molecule has 0 saturated heterocycles. The van der Waals surface area contributed by atoms with Gasteiger partial charge in [0, 0.05) is 16.5 Å². The van der Waals surface area contributed by atoms with E-state index >= 15 is 0 Å². The number of aryl methyl sites for hydroxylation is 3. The van der Waals surface area contributed by atoms with Crippen LogP contribution in [0, 0.1) is 20.8 Å². The van der Waals surface area contributed by atoms with E-state index in [-0.39, 0.29) is 6.04 Å². The highest BCUT2D eigenvalue weighted by Gasteiger charge is 2.10. The Kier molecular flexibility index (Phi) is 4.22. The van der Waals surface area contributed by atoms with Crippen molar-refractivity contribution in [1.82, 2.24) is 4.98 Å². The molecule has 1 heterocycles. The van der Waals surface area contributed by atoms with Crippen molar-refractivity contribution < 1.29 is 4.74 Å². The summed E-state index contributed by atoms with van der Waals surface area (Å²) < 4.78 is 5.90. The van der Waals surface area contributed by atoms with E-state index in [9.17, 15) is 0 Å². The molecule has 0 bridgehead atoms. The molecule has 102 valence electrons. The van der Waals surface area contributed by atoms with Crippen LogP contribution in [0.3, 0.4) is 0 Å². The summed E-state index contributed by atoms with van der Waals surface area (Å²) in [5, 5.41) is 1.01. The van der Waals surface area contributed by atoms with Gasteiger partial charge in [-0.15, -0.1) is 11.3 Å². The van der Waals surface area contributed by atoms with Crippen molar-refractivity contribution in [1.29, 1.82) is 0 Å². The summed E-state index contributed by atoms with van der Waals surface area (Å²) in [4.78, 5) is 5.73.